The molecule has 0 heterocycles. The Morgan fingerprint density at radius 2 is 1.81 bits per heavy atom. The van der Waals surface area contributed by atoms with Crippen molar-refractivity contribution in [2.24, 2.45) is 0 Å². The number of rotatable bonds is 9. The van der Waals surface area contributed by atoms with Crippen molar-refractivity contribution in [1.82, 2.24) is 0 Å². The van der Waals surface area contributed by atoms with Crippen molar-refractivity contribution >= 4 is 11.8 Å². The summed E-state index contributed by atoms with van der Waals surface area (Å²) in [6.07, 6.45) is 6.24. The molecule has 0 unspecified atom stereocenters. The van der Waals surface area contributed by atoms with Crippen LogP contribution in [-0.4, -0.2) is 17.9 Å². The van der Waals surface area contributed by atoms with Crippen LogP contribution in [0, 0.1) is 0 Å². The molecule has 0 fully saturated rings. The molecule has 0 amide bonds. The number of hydrogen-bond acceptors (Lipinski definition) is 3. The third-order valence-electron chi connectivity index (χ3n) is 2.51. The normalized spacial score (nSPS) is 12.2. The van der Waals surface area contributed by atoms with E-state index in [9.17, 15) is 9.59 Å². The third-order valence-corrected chi connectivity index (χ3v) is 2.51. The molecule has 0 aromatic rings. The average molecular weight is 228 g/mol. The van der Waals surface area contributed by atoms with Gasteiger partial charge < -0.3 is 4.74 Å². The van der Waals surface area contributed by atoms with Crippen LogP contribution < -0.4 is 0 Å². The van der Waals surface area contributed by atoms with Crippen molar-refractivity contribution in [3.8, 4) is 0 Å². The summed E-state index contributed by atoms with van der Waals surface area (Å²) in [5, 5.41) is 0. The summed E-state index contributed by atoms with van der Waals surface area (Å²) in [4.78, 5) is 22.1. The van der Waals surface area contributed by atoms with Crippen LogP contribution >= 0.6 is 0 Å². The smallest absolute Gasteiger partial charge is 0.302 e. The topological polar surface area (TPSA) is 43.4 Å². The highest BCUT2D eigenvalue weighted by Crippen LogP contribution is 2.08. The van der Waals surface area contributed by atoms with Crippen LogP contribution in [-0.2, 0) is 14.3 Å². The van der Waals surface area contributed by atoms with Gasteiger partial charge in [-0.15, -0.1) is 0 Å². The highest BCUT2D eigenvalue weighted by atomic mass is 16.5. The Balaban J connectivity index is 3.45. The van der Waals surface area contributed by atoms with E-state index in [0.717, 1.165) is 12.8 Å². The minimum atomic E-state index is -0.275. The molecule has 0 aliphatic heterocycles. The lowest BCUT2D eigenvalue weighted by molar-refractivity contribution is -0.146. The molecule has 0 aromatic heterocycles. The summed E-state index contributed by atoms with van der Waals surface area (Å²) in [5.41, 5.74) is 0. The number of unbranched alkanes of at least 4 members (excludes halogenated alkanes) is 3. The highest BCUT2D eigenvalue weighted by molar-refractivity contribution is 5.78. The molecule has 0 saturated heterocycles. The van der Waals surface area contributed by atoms with E-state index in [4.69, 9.17) is 4.74 Å². The van der Waals surface area contributed by atoms with E-state index < -0.39 is 0 Å². The Morgan fingerprint density at radius 1 is 1.12 bits per heavy atom. The van der Waals surface area contributed by atoms with Crippen molar-refractivity contribution < 1.29 is 14.3 Å². The Morgan fingerprint density at radius 3 is 2.38 bits per heavy atom. The molecule has 94 valence electrons. The number of hydrogen-bond donors (Lipinski definition) is 0. The maximum atomic E-state index is 11.5. The number of Topliss-reactive ketones (excluding diaryl/α,β-unsaturated/α-hetero) is 1. The van der Waals surface area contributed by atoms with Gasteiger partial charge in [0.2, 0.25) is 0 Å². The molecule has 0 rings (SSSR count). The zero-order valence-electron chi connectivity index (χ0n) is 10.8. The van der Waals surface area contributed by atoms with Crippen molar-refractivity contribution in [3.63, 3.8) is 0 Å². The van der Waals surface area contributed by atoms with E-state index in [0.29, 0.717) is 19.3 Å². The first-order chi connectivity index (χ1) is 7.56. The molecular formula is C13H24O3. The summed E-state index contributed by atoms with van der Waals surface area (Å²) in [6, 6.07) is 0. The molecule has 0 spiro atoms. The summed E-state index contributed by atoms with van der Waals surface area (Å²) in [6.45, 7) is 5.37. The molecule has 0 radical (unpaired) electrons. The lowest BCUT2D eigenvalue weighted by Gasteiger charge is -2.10. The van der Waals surface area contributed by atoms with Crippen LogP contribution in [0.15, 0.2) is 0 Å². The van der Waals surface area contributed by atoms with Crippen LogP contribution in [0.5, 0.6) is 0 Å². The van der Waals surface area contributed by atoms with Gasteiger partial charge in [0.25, 0.3) is 0 Å². The van der Waals surface area contributed by atoms with E-state index in [-0.39, 0.29) is 17.9 Å². The fraction of sp³-hybridized carbons (Fsp3) is 0.846. The molecule has 0 bridgehead atoms. The van der Waals surface area contributed by atoms with E-state index in [1.165, 1.54) is 19.8 Å². The predicted octanol–water partition coefficient (Wildman–Crippen LogP) is 3.26. The first-order valence-electron chi connectivity index (χ1n) is 6.25. The zero-order chi connectivity index (χ0) is 12.4. The molecule has 0 aliphatic rings. The van der Waals surface area contributed by atoms with Crippen LogP contribution in [0.4, 0.5) is 0 Å². The van der Waals surface area contributed by atoms with Gasteiger partial charge in [0.15, 0.2) is 0 Å². The van der Waals surface area contributed by atoms with Crippen molar-refractivity contribution in [3.05, 3.63) is 0 Å². The van der Waals surface area contributed by atoms with Gasteiger partial charge in [0.05, 0.1) is 6.10 Å². The van der Waals surface area contributed by atoms with Gasteiger partial charge in [0.1, 0.15) is 5.78 Å². The van der Waals surface area contributed by atoms with Gasteiger partial charge in [-0.25, -0.2) is 0 Å². The molecule has 0 N–H and O–H groups in total. The molecule has 0 aliphatic carbocycles. The maximum Gasteiger partial charge on any atom is 0.302 e. The monoisotopic (exact) mass is 228 g/mol. The lowest BCUT2D eigenvalue weighted by Crippen LogP contribution is -2.13. The molecule has 3 heteroatoms. The van der Waals surface area contributed by atoms with Crippen LogP contribution in [0.1, 0.15) is 65.7 Å². The Kier molecular flexibility index (Phi) is 8.87. The highest BCUT2D eigenvalue weighted by Gasteiger charge is 2.08. The Hall–Kier alpha value is -0.860. The largest absolute Gasteiger partial charge is 0.463 e. The second-order valence-corrected chi connectivity index (χ2v) is 4.31. The first-order valence-corrected chi connectivity index (χ1v) is 6.25. The minimum Gasteiger partial charge on any atom is -0.463 e. The zero-order valence-corrected chi connectivity index (χ0v) is 10.8. The van der Waals surface area contributed by atoms with Gasteiger partial charge in [-0.2, -0.15) is 0 Å². The molecule has 0 saturated carbocycles. The number of ether oxygens (including phenoxy) is 1. The second kappa shape index (κ2) is 9.37. The summed E-state index contributed by atoms with van der Waals surface area (Å²) < 4.78 is 4.95. The van der Waals surface area contributed by atoms with Gasteiger partial charge in [-0.05, 0) is 19.8 Å². The summed E-state index contributed by atoms with van der Waals surface area (Å²) in [5.74, 6) is 0.0120. The fourth-order valence-electron chi connectivity index (χ4n) is 1.58. The SMILES string of the molecule is CCCCCCC(=O)CC[C@@H](C)OC(C)=O. The number of carbonyl (C=O) groups excluding carboxylic acids is 2. The van der Waals surface area contributed by atoms with E-state index >= 15 is 0 Å². The predicted molar refractivity (Wildman–Crippen MR) is 64.2 cm³/mol. The van der Waals surface area contributed by atoms with Gasteiger partial charge in [0, 0.05) is 19.8 Å². The van der Waals surface area contributed by atoms with E-state index in [1.807, 2.05) is 6.92 Å². The van der Waals surface area contributed by atoms with Crippen molar-refractivity contribution in [2.45, 2.75) is 71.8 Å². The van der Waals surface area contributed by atoms with Crippen LogP contribution in [0.2, 0.25) is 0 Å². The Labute approximate surface area is 98.6 Å². The Bertz CT molecular complexity index is 211. The minimum absolute atomic E-state index is 0.142. The summed E-state index contributed by atoms with van der Waals surface area (Å²) in [7, 11) is 0. The summed E-state index contributed by atoms with van der Waals surface area (Å²) >= 11 is 0. The first kappa shape index (κ1) is 15.1. The van der Waals surface area contributed by atoms with E-state index in [1.54, 1.807) is 0 Å². The molecular weight excluding hydrogens is 204 g/mol. The van der Waals surface area contributed by atoms with Gasteiger partial charge in [-0.1, -0.05) is 26.2 Å². The molecule has 16 heavy (non-hydrogen) atoms. The molecule has 0 aromatic carbocycles. The molecule has 3 nitrogen and oxygen atoms in total. The number of carbonyl (C=O) groups is 2. The number of ketones is 1. The van der Waals surface area contributed by atoms with E-state index in [2.05, 4.69) is 6.92 Å². The average Bonchev–Trinajstić information content (AvgIpc) is 2.20. The fourth-order valence-corrected chi connectivity index (χ4v) is 1.58. The van der Waals surface area contributed by atoms with Gasteiger partial charge >= 0.3 is 5.97 Å². The van der Waals surface area contributed by atoms with Crippen molar-refractivity contribution in [2.75, 3.05) is 0 Å². The maximum absolute atomic E-state index is 11.5. The third kappa shape index (κ3) is 9.69. The van der Waals surface area contributed by atoms with Crippen LogP contribution in [0.3, 0.4) is 0 Å². The van der Waals surface area contributed by atoms with Crippen LogP contribution in [0.25, 0.3) is 0 Å². The quantitative estimate of drug-likeness (QED) is 0.449. The second-order valence-electron chi connectivity index (χ2n) is 4.31. The van der Waals surface area contributed by atoms with Gasteiger partial charge in [-0.3, -0.25) is 9.59 Å². The van der Waals surface area contributed by atoms with Crippen molar-refractivity contribution in [1.29, 1.82) is 0 Å². The molecule has 1 atom stereocenters. The standard InChI is InChI=1S/C13H24O3/c1-4-5-6-7-8-13(15)10-9-11(2)16-12(3)14/h11H,4-10H2,1-3H3/t11-/m1/s1. The lowest BCUT2D eigenvalue weighted by atomic mass is 10.1. The number of esters is 1.